The molecule has 2 aromatic heterocycles. The van der Waals surface area contributed by atoms with Gasteiger partial charge in [0.25, 0.3) is 5.91 Å². The van der Waals surface area contributed by atoms with Crippen LogP contribution >= 0.6 is 0 Å². The molecule has 184 valence electrons. The molecule has 2 unspecified atom stereocenters. The van der Waals surface area contributed by atoms with E-state index in [1.165, 1.54) is 37.2 Å². The SMILES string of the molecule is COC(=O)c1cc(N(C)C(=O)c2c(C(F)(F)F)c(C3CC3)nn2CC2CCCC(C)O2)ccn1. The van der Waals surface area contributed by atoms with Crippen LogP contribution in [0, 0.1) is 0 Å². The van der Waals surface area contributed by atoms with Crippen LogP contribution in [0.15, 0.2) is 18.3 Å². The quantitative estimate of drug-likeness (QED) is 0.576. The van der Waals surface area contributed by atoms with Crippen molar-refractivity contribution in [2.24, 2.45) is 0 Å². The fraction of sp³-hybridized carbons (Fsp3) is 0.565. The molecule has 2 atom stereocenters. The van der Waals surface area contributed by atoms with E-state index in [0.29, 0.717) is 19.3 Å². The molecule has 34 heavy (non-hydrogen) atoms. The van der Waals surface area contributed by atoms with Crippen LogP contribution in [0.5, 0.6) is 0 Å². The number of alkyl halides is 3. The van der Waals surface area contributed by atoms with Gasteiger partial charge in [-0.2, -0.15) is 18.3 Å². The Kier molecular flexibility index (Phi) is 6.66. The summed E-state index contributed by atoms with van der Waals surface area (Å²) in [6.07, 6.45) is -0.129. The molecule has 4 rings (SSSR count). The van der Waals surface area contributed by atoms with E-state index in [1.54, 1.807) is 0 Å². The first-order chi connectivity index (χ1) is 16.1. The van der Waals surface area contributed by atoms with Crippen LogP contribution in [0.2, 0.25) is 0 Å². The van der Waals surface area contributed by atoms with E-state index in [4.69, 9.17) is 4.74 Å². The van der Waals surface area contributed by atoms with Crippen LogP contribution in [0.4, 0.5) is 18.9 Å². The van der Waals surface area contributed by atoms with Crippen molar-refractivity contribution < 1.29 is 32.2 Å². The molecule has 1 saturated heterocycles. The Bertz CT molecular complexity index is 1080. The average Bonchev–Trinajstić information content (AvgIpc) is 3.58. The summed E-state index contributed by atoms with van der Waals surface area (Å²) in [5.74, 6) is -1.91. The minimum absolute atomic E-state index is 0.00492. The van der Waals surface area contributed by atoms with Gasteiger partial charge in [-0.1, -0.05) is 0 Å². The molecule has 11 heteroatoms. The highest BCUT2D eigenvalue weighted by atomic mass is 19.4. The molecule has 0 N–H and O–H groups in total. The van der Waals surface area contributed by atoms with Crippen molar-refractivity contribution in [1.82, 2.24) is 14.8 Å². The second-order valence-electron chi connectivity index (χ2n) is 8.82. The van der Waals surface area contributed by atoms with E-state index in [-0.39, 0.29) is 41.7 Å². The predicted molar refractivity (Wildman–Crippen MR) is 116 cm³/mol. The van der Waals surface area contributed by atoms with Gasteiger partial charge in [-0.25, -0.2) is 9.78 Å². The molecule has 1 saturated carbocycles. The number of ether oxygens (including phenoxy) is 2. The normalized spacial score (nSPS) is 20.8. The molecule has 3 heterocycles. The number of methoxy groups -OCH3 is 1. The summed E-state index contributed by atoms with van der Waals surface area (Å²) >= 11 is 0. The minimum Gasteiger partial charge on any atom is -0.464 e. The molecule has 0 bridgehead atoms. The lowest BCUT2D eigenvalue weighted by atomic mass is 10.0. The van der Waals surface area contributed by atoms with Crippen LogP contribution < -0.4 is 4.90 Å². The van der Waals surface area contributed by atoms with Gasteiger partial charge < -0.3 is 14.4 Å². The molecule has 0 aromatic carbocycles. The number of carbonyl (C=O) groups excluding carboxylic acids is 2. The van der Waals surface area contributed by atoms with Crippen molar-refractivity contribution in [1.29, 1.82) is 0 Å². The monoisotopic (exact) mass is 480 g/mol. The summed E-state index contributed by atoms with van der Waals surface area (Å²) in [4.78, 5) is 30.3. The van der Waals surface area contributed by atoms with Gasteiger partial charge in [-0.3, -0.25) is 9.48 Å². The molecule has 1 aliphatic carbocycles. The van der Waals surface area contributed by atoms with E-state index in [1.807, 2.05) is 6.92 Å². The zero-order chi connectivity index (χ0) is 24.6. The lowest BCUT2D eigenvalue weighted by molar-refractivity contribution is -0.138. The third kappa shape index (κ3) is 4.94. The van der Waals surface area contributed by atoms with Crippen molar-refractivity contribution in [2.45, 2.75) is 69.9 Å². The smallest absolute Gasteiger partial charge is 0.420 e. The number of amides is 1. The highest BCUT2D eigenvalue weighted by Crippen LogP contribution is 2.47. The Morgan fingerprint density at radius 1 is 1.26 bits per heavy atom. The molecule has 1 amide bonds. The first-order valence-corrected chi connectivity index (χ1v) is 11.3. The first kappa shape index (κ1) is 24.2. The molecular weight excluding hydrogens is 453 g/mol. The number of nitrogens with zero attached hydrogens (tertiary/aromatic N) is 4. The maximum absolute atomic E-state index is 14.3. The van der Waals surface area contributed by atoms with Crippen LogP contribution in [-0.2, 0) is 22.2 Å². The highest BCUT2D eigenvalue weighted by molar-refractivity contribution is 6.06. The summed E-state index contributed by atoms with van der Waals surface area (Å²) in [5.41, 5.74) is -1.45. The maximum Gasteiger partial charge on any atom is 0.420 e. The molecule has 2 fully saturated rings. The van der Waals surface area contributed by atoms with Gasteiger partial charge in [0.05, 0.1) is 31.6 Å². The van der Waals surface area contributed by atoms with Gasteiger partial charge in [0.2, 0.25) is 0 Å². The van der Waals surface area contributed by atoms with Crippen molar-refractivity contribution in [3.63, 3.8) is 0 Å². The lowest BCUT2D eigenvalue weighted by Gasteiger charge is -2.28. The standard InChI is InChI=1S/C23H27F3N4O4/c1-13-5-4-6-16(34-13)12-30-20(18(23(24,25)26)19(28-30)14-7-8-14)21(31)29(2)15-9-10-27-17(11-15)22(32)33-3/h9-11,13-14,16H,4-8,12H2,1-3H3. The fourth-order valence-electron chi connectivity index (χ4n) is 4.30. The maximum atomic E-state index is 14.3. The molecule has 8 nitrogen and oxygen atoms in total. The Morgan fingerprint density at radius 3 is 2.62 bits per heavy atom. The first-order valence-electron chi connectivity index (χ1n) is 11.3. The molecule has 1 aliphatic heterocycles. The molecule has 2 aromatic rings. The van der Waals surface area contributed by atoms with Crippen LogP contribution in [0.1, 0.15) is 77.2 Å². The summed E-state index contributed by atoms with van der Waals surface area (Å²) < 4.78 is 54.5. The number of hydrogen-bond donors (Lipinski definition) is 0. The van der Waals surface area contributed by atoms with Gasteiger partial charge in [0, 0.05) is 24.8 Å². The summed E-state index contributed by atoms with van der Waals surface area (Å²) in [5, 5.41) is 4.30. The highest BCUT2D eigenvalue weighted by Gasteiger charge is 2.46. The number of hydrogen-bond acceptors (Lipinski definition) is 6. The zero-order valence-electron chi connectivity index (χ0n) is 19.3. The Hall–Kier alpha value is -2.95. The van der Waals surface area contributed by atoms with Gasteiger partial charge in [-0.05, 0) is 51.2 Å². The van der Waals surface area contributed by atoms with Crippen LogP contribution in [0.25, 0.3) is 0 Å². The largest absolute Gasteiger partial charge is 0.464 e. The number of halogens is 3. The van der Waals surface area contributed by atoms with Gasteiger partial charge in [0.1, 0.15) is 17.0 Å². The van der Waals surface area contributed by atoms with E-state index in [9.17, 15) is 22.8 Å². The lowest BCUT2D eigenvalue weighted by Crippen LogP contribution is -2.34. The van der Waals surface area contributed by atoms with Crippen LogP contribution in [-0.4, -0.2) is 53.0 Å². The number of rotatable bonds is 6. The summed E-state index contributed by atoms with van der Waals surface area (Å²) in [7, 11) is 2.54. The number of esters is 1. The fourth-order valence-corrected chi connectivity index (χ4v) is 4.30. The van der Waals surface area contributed by atoms with Crippen molar-refractivity contribution in [3.8, 4) is 0 Å². The summed E-state index contributed by atoms with van der Waals surface area (Å²) in [6, 6.07) is 2.73. The topological polar surface area (TPSA) is 86.6 Å². The second-order valence-corrected chi connectivity index (χ2v) is 8.82. The molecule has 0 radical (unpaired) electrons. The summed E-state index contributed by atoms with van der Waals surface area (Å²) in [6.45, 7) is 1.98. The van der Waals surface area contributed by atoms with E-state index in [0.717, 1.165) is 17.7 Å². The van der Waals surface area contributed by atoms with Crippen molar-refractivity contribution >= 4 is 17.6 Å². The van der Waals surface area contributed by atoms with E-state index >= 15 is 0 Å². The Morgan fingerprint density at radius 2 is 2.00 bits per heavy atom. The average molecular weight is 480 g/mol. The second kappa shape index (κ2) is 9.36. The zero-order valence-corrected chi connectivity index (χ0v) is 19.3. The Balaban J connectivity index is 1.75. The van der Waals surface area contributed by atoms with Gasteiger partial charge >= 0.3 is 12.1 Å². The van der Waals surface area contributed by atoms with Gasteiger partial charge in [0.15, 0.2) is 0 Å². The third-order valence-electron chi connectivity index (χ3n) is 6.20. The van der Waals surface area contributed by atoms with Gasteiger partial charge in [-0.15, -0.1) is 0 Å². The number of carbonyl (C=O) groups is 2. The van der Waals surface area contributed by atoms with E-state index in [2.05, 4.69) is 14.8 Å². The Labute approximate surface area is 195 Å². The number of pyridine rings is 1. The van der Waals surface area contributed by atoms with E-state index < -0.39 is 29.3 Å². The van der Waals surface area contributed by atoms with Crippen LogP contribution in [0.3, 0.4) is 0 Å². The minimum atomic E-state index is -4.75. The van der Waals surface area contributed by atoms with Crippen molar-refractivity contribution in [2.75, 3.05) is 19.1 Å². The third-order valence-corrected chi connectivity index (χ3v) is 6.20. The number of anilines is 1. The number of aromatic nitrogens is 3. The van der Waals surface area contributed by atoms with Crippen molar-refractivity contribution in [3.05, 3.63) is 41.0 Å². The molecular formula is C23H27F3N4O4. The predicted octanol–water partition coefficient (Wildman–Crippen LogP) is 4.20. The molecule has 0 spiro atoms. The molecule has 2 aliphatic rings.